The number of rotatable bonds is 3. The molecule has 22 heavy (non-hydrogen) atoms. The number of hydrogen-bond donors (Lipinski definition) is 2. The Hall–Kier alpha value is -2.33. The van der Waals surface area contributed by atoms with Crippen molar-refractivity contribution in [2.24, 2.45) is 10.7 Å². The number of H-pyrrole nitrogens is 1. The highest BCUT2D eigenvalue weighted by Crippen LogP contribution is 2.32. The zero-order valence-electron chi connectivity index (χ0n) is 12.1. The minimum atomic E-state index is 0.0933. The van der Waals surface area contributed by atoms with Gasteiger partial charge in [-0.15, -0.1) is 11.3 Å². The lowest BCUT2D eigenvalue weighted by Gasteiger charge is -2.19. The van der Waals surface area contributed by atoms with Crippen LogP contribution in [0.25, 0.3) is 0 Å². The summed E-state index contributed by atoms with van der Waals surface area (Å²) < 4.78 is 0. The molecule has 3 aromatic rings. The van der Waals surface area contributed by atoms with Gasteiger partial charge in [0.15, 0.2) is 0 Å². The van der Waals surface area contributed by atoms with Crippen LogP contribution in [0.2, 0.25) is 0 Å². The van der Waals surface area contributed by atoms with Crippen molar-refractivity contribution in [2.45, 2.75) is 18.9 Å². The van der Waals surface area contributed by atoms with Crippen LogP contribution in [0, 0.1) is 0 Å². The second kappa shape index (κ2) is 5.46. The topological polar surface area (TPSA) is 54.2 Å². The first-order chi connectivity index (χ1) is 10.8. The van der Waals surface area contributed by atoms with Crippen LogP contribution in [0.4, 0.5) is 0 Å². The van der Waals surface area contributed by atoms with Crippen LogP contribution in [-0.2, 0) is 12.8 Å². The zero-order chi connectivity index (χ0) is 14.9. The van der Waals surface area contributed by atoms with Gasteiger partial charge in [-0.05, 0) is 40.6 Å². The molecule has 0 bridgehead atoms. The zero-order valence-corrected chi connectivity index (χ0v) is 12.9. The molecule has 3 heterocycles. The van der Waals surface area contributed by atoms with Crippen LogP contribution in [0.15, 0.2) is 59.0 Å². The molecule has 0 radical (unpaired) electrons. The largest absolute Gasteiger partial charge is 0.383 e. The Morgan fingerprint density at radius 1 is 1.18 bits per heavy atom. The van der Waals surface area contributed by atoms with Crippen LogP contribution in [0.5, 0.6) is 0 Å². The number of hydrogen-bond acceptors (Lipinski definition) is 3. The van der Waals surface area contributed by atoms with Gasteiger partial charge in [-0.1, -0.05) is 30.3 Å². The first-order valence-electron chi connectivity index (χ1n) is 7.41. The number of thiophene rings is 1. The molecular formula is C18H17N3S. The molecule has 0 amide bonds. The lowest BCUT2D eigenvalue weighted by Crippen LogP contribution is -2.21. The highest BCUT2D eigenvalue weighted by Gasteiger charge is 2.24. The lowest BCUT2D eigenvalue weighted by molar-refractivity contribution is 0.687. The van der Waals surface area contributed by atoms with E-state index in [1.54, 1.807) is 11.3 Å². The quantitative estimate of drug-likeness (QED) is 0.762. The molecule has 0 aliphatic carbocycles. The summed E-state index contributed by atoms with van der Waals surface area (Å²) in [6, 6.07) is 14.9. The fourth-order valence-electron chi connectivity index (χ4n) is 3.06. The van der Waals surface area contributed by atoms with Crippen LogP contribution in [-0.4, -0.2) is 10.8 Å². The highest BCUT2D eigenvalue weighted by atomic mass is 32.1. The van der Waals surface area contributed by atoms with Gasteiger partial charge in [0.1, 0.15) is 5.84 Å². The van der Waals surface area contributed by atoms with E-state index in [-0.39, 0.29) is 6.04 Å². The molecule has 0 fully saturated rings. The van der Waals surface area contributed by atoms with Crippen molar-refractivity contribution in [3.8, 4) is 0 Å². The van der Waals surface area contributed by atoms with Crippen molar-refractivity contribution in [2.75, 3.05) is 0 Å². The Bertz CT molecular complexity index is 814. The Kier molecular flexibility index (Phi) is 3.31. The summed E-state index contributed by atoms with van der Waals surface area (Å²) in [5.41, 5.74) is 11.2. The molecule has 2 aromatic heterocycles. The Balaban J connectivity index is 1.65. The predicted octanol–water partition coefficient (Wildman–Crippen LogP) is 3.67. The van der Waals surface area contributed by atoms with Crippen molar-refractivity contribution in [3.63, 3.8) is 0 Å². The van der Waals surface area contributed by atoms with E-state index in [1.165, 1.54) is 22.4 Å². The van der Waals surface area contributed by atoms with Crippen molar-refractivity contribution in [3.05, 3.63) is 81.3 Å². The van der Waals surface area contributed by atoms with Crippen LogP contribution >= 0.6 is 11.3 Å². The summed E-state index contributed by atoms with van der Waals surface area (Å²) in [6.45, 7) is 0. The van der Waals surface area contributed by atoms with Crippen molar-refractivity contribution >= 4 is 17.2 Å². The molecule has 1 atom stereocenters. The van der Waals surface area contributed by atoms with Gasteiger partial charge < -0.3 is 10.7 Å². The summed E-state index contributed by atoms with van der Waals surface area (Å²) in [5, 5.41) is 2.09. The van der Waals surface area contributed by atoms with Crippen LogP contribution in [0.3, 0.4) is 0 Å². The van der Waals surface area contributed by atoms with Gasteiger partial charge in [0.25, 0.3) is 0 Å². The predicted molar refractivity (Wildman–Crippen MR) is 91.5 cm³/mol. The Morgan fingerprint density at radius 3 is 2.91 bits per heavy atom. The van der Waals surface area contributed by atoms with E-state index in [2.05, 4.69) is 46.8 Å². The monoisotopic (exact) mass is 307 g/mol. The van der Waals surface area contributed by atoms with E-state index in [1.807, 2.05) is 12.3 Å². The molecule has 0 saturated heterocycles. The molecular weight excluding hydrogens is 290 g/mol. The fourth-order valence-corrected chi connectivity index (χ4v) is 3.91. The molecule has 0 spiro atoms. The first-order valence-corrected chi connectivity index (χ1v) is 8.29. The Morgan fingerprint density at radius 2 is 2.05 bits per heavy atom. The van der Waals surface area contributed by atoms with Gasteiger partial charge in [-0.2, -0.15) is 0 Å². The second-order valence-electron chi connectivity index (χ2n) is 5.59. The fraction of sp³-hybridized carbons (Fsp3) is 0.167. The van der Waals surface area contributed by atoms with E-state index < -0.39 is 0 Å². The number of nitrogens with zero attached hydrogens (tertiary/aromatic N) is 1. The Labute approximate surface area is 133 Å². The van der Waals surface area contributed by atoms with Crippen molar-refractivity contribution < 1.29 is 0 Å². The van der Waals surface area contributed by atoms with Gasteiger partial charge in [-0.3, -0.25) is 4.99 Å². The number of aromatic nitrogens is 1. The summed E-state index contributed by atoms with van der Waals surface area (Å²) in [5.74, 6) is 0.668. The summed E-state index contributed by atoms with van der Waals surface area (Å²) in [6.07, 6.45) is 3.84. The van der Waals surface area contributed by atoms with Crippen LogP contribution in [0.1, 0.15) is 33.3 Å². The highest BCUT2D eigenvalue weighted by molar-refractivity contribution is 7.12. The second-order valence-corrected chi connectivity index (χ2v) is 6.50. The SMILES string of the molecule is NC1=NC(c2[nH]ccc2Cc2ccccc2)Cc2ccsc21. The summed E-state index contributed by atoms with van der Waals surface area (Å²) >= 11 is 1.67. The standard InChI is InChI=1S/C18H17N3S/c19-18-17-14(7-9-22-17)11-15(21-18)16-13(6-8-20-16)10-12-4-2-1-3-5-12/h1-9,15,20H,10-11H2,(H2,19,21). The van der Waals surface area contributed by atoms with E-state index in [9.17, 15) is 0 Å². The number of aromatic amines is 1. The third-order valence-electron chi connectivity index (χ3n) is 4.13. The molecule has 4 heteroatoms. The minimum Gasteiger partial charge on any atom is -0.383 e. The average molecular weight is 307 g/mol. The maximum absolute atomic E-state index is 6.14. The van der Waals surface area contributed by atoms with E-state index in [0.717, 1.165) is 17.7 Å². The number of nitrogens with one attached hydrogen (secondary N) is 1. The molecule has 1 aliphatic rings. The van der Waals surface area contributed by atoms with Crippen LogP contribution < -0.4 is 5.73 Å². The van der Waals surface area contributed by atoms with Gasteiger partial charge in [0, 0.05) is 18.3 Å². The third kappa shape index (κ3) is 2.35. The number of amidine groups is 1. The molecule has 1 aliphatic heterocycles. The van der Waals surface area contributed by atoms with E-state index in [0.29, 0.717) is 5.84 Å². The smallest absolute Gasteiger partial charge is 0.136 e. The number of aliphatic imine (C=N–C) groups is 1. The number of nitrogens with two attached hydrogens (primary N) is 1. The van der Waals surface area contributed by atoms with E-state index >= 15 is 0 Å². The number of fused-ring (bicyclic) bond motifs is 1. The molecule has 3 N–H and O–H groups in total. The van der Waals surface area contributed by atoms with Gasteiger partial charge in [0.05, 0.1) is 10.9 Å². The maximum Gasteiger partial charge on any atom is 0.136 e. The first kappa shape index (κ1) is 13.3. The molecule has 110 valence electrons. The molecule has 1 unspecified atom stereocenters. The molecule has 0 saturated carbocycles. The lowest BCUT2D eigenvalue weighted by atomic mass is 9.96. The minimum absolute atomic E-state index is 0.0933. The van der Waals surface area contributed by atoms with Gasteiger partial charge >= 0.3 is 0 Å². The van der Waals surface area contributed by atoms with Crippen molar-refractivity contribution in [1.29, 1.82) is 0 Å². The molecule has 4 rings (SSSR count). The normalized spacial score (nSPS) is 17.1. The maximum atomic E-state index is 6.14. The third-order valence-corrected chi connectivity index (χ3v) is 5.11. The number of benzene rings is 1. The molecule has 3 nitrogen and oxygen atoms in total. The van der Waals surface area contributed by atoms with E-state index in [4.69, 9.17) is 10.7 Å². The van der Waals surface area contributed by atoms with Gasteiger partial charge in [0.2, 0.25) is 0 Å². The van der Waals surface area contributed by atoms with Crippen molar-refractivity contribution in [1.82, 2.24) is 4.98 Å². The molecule has 1 aromatic carbocycles. The summed E-state index contributed by atoms with van der Waals surface area (Å²) in [7, 11) is 0. The summed E-state index contributed by atoms with van der Waals surface area (Å²) in [4.78, 5) is 9.23. The van der Waals surface area contributed by atoms with Gasteiger partial charge in [-0.25, -0.2) is 0 Å². The average Bonchev–Trinajstić information content (AvgIpc) is 3.17.